The van der Waals surface area contributed by atoms with Crippen molar-refractivity contribution in [3.05, 3.63) is 66.1 Å². The van der Waals surface area contributed by atoms with Crippen molar-refractivity contribution in [1.29, 1.82) is 0 Å². The Kier molecular flexibility index (Phi) is 7.07. The highest BCUT2D eigenvalue weighted by atomic mass is 16.5. The van der Waals surface area contributed by atoms with Crippen molar-refractivity contribution in [2.24, 2.45) is 11.7 Å². The molecule has 7 heteroatoms. The third-order valence-corrected chi connectivity index (χ3v) is 5.83. The molecule has 3 N–H and O–H groups in total. The molecule has 1 aliphatic rings. The minimum absolute atomic E-state index is 0.0586. The minimum Gasteiger partial charge on any atom is -0.486 e. The van der Waals surface area contributed by atoms with Crippen molar-refractivity contribution in [3.8, 4) is 5.75 Å². The summed E-state index contributed by atoms with van der Waals surface area (Å²) in [5.41, 5.74) is 5.42. The number of nitrogens with zero attached hydrogens (tertiary/aromatic N) is 1. The number of carbonyl (C=O) groups excluding carboxylic acids is 2. The molecule has 0 radical (unpaired) electrons. The molecule has 1 aromatic heterocycles. The Morgan fingerprint density at radius 1 is 1.12 bits per heavy atom. The lowest BCUT2D eigenvalue weighted by atomic mass is 9.97. The summed E-state index contributed by atoms with van der Waals surface area (Å²) in [4.78, 5) is 26.0. The number of primary amides is 1. The van der Waals surface area contributed by atoms with Crippen LogP contribution in [0.4, 0.5) is 0 Å². The van der Waals surface area contributed by atoms with Gasteiger partial charge in [0.25, 0.3) is 5.91 Å². The molecule has 0 saturated carbocycles. The van der Waals surface area contributed by atoms with Gasteiger partial charge in [0.1, 0.15) is 18.1 Å². The number of nitrogens with one attached hydrogen (secondary N) is 1. The summed E-state index contributed by atoms with van der Waals surface area (Å²) in [6.07, 6.45) is 2.65. The molecule has 1 saturated heterocycles. The number of hydrogen-bond acceptors (Lipinski definition) is 5. The predicted octanol–water partition coefficient (Wildman–Crippen LogP) is 3.33. The van der Waals surface area contributed by atoms with Crippen molar-refractivity contribution < 1.29 is 18.7 Å². The van der Waals surface area contributed by atoms with Gasteiger partial charge in [-0.15, -0.1) is 0 Å². The third kappa shape index (κ3) is 5.68. The van der Waals surface area contributed by atoms with Crippen molar-refractivity contribution in [2.75, 3.05) is 26.2 Å². The summed E-state index contributed by atoms with van der Waals surface area (Å²) in [5.74, 6) is 1.10. The Bertz CT molecular complexity index is 1080. The molecular weight excluding hydrogens is 406 g/mol. The largest absolute Gasteiger partial charge is 0.486 e. The molecule has 1 aliphatic heterocycles. The average Bonchev–Trinajstić information content (AvgIpc) is 3.30. The van der Waals surface area contributed by atoms with Crippen LogP contribution in [0.3, 0.4) is 0 Å². The van der Waals surface area contributed by atoms with E-state index in [0.717, 1.165) is 48.9 Å². The third-order valence-electron chi connectivity index (χ3n) is 5.83. The summed E-state index contributed by atoms with van der Waals surface area (Å²) in [7, 11) is 0. The van der Waals surface area contributed by atoms with Crippen molar-refractivity contribution in [2.45, 2.75) is 25.9 Å². The Morgan fingerprint density at radius 2 is 1.97 bits per heavy atom. The van der Waals surface area contributed by atoms with E-state index in [1.165, 1.54) is 0 Å². The highest BCUT2D eigenvalue weighted by Gasteiger charge is 2.23. The van der Waals surface area contributed by atoms with Crippen molar-refractivity contribution in [3.63, 3.8) is 0 Å². The van der Waals surface area contributed by atoms with Crippen LogP contribution in [0.15, 0.2) is 59.0 Å². The zero-order valence-electron chi connectivity index (χ0n) is 18.1. The molecule has 4 rings (SSSR count). The van der Waals surface area contributed by atoms with Gasteiger partial charge in [-0.05, 0) is 67.4 Å². The van der Waals surface area contributed by atoms with Crippen LogP contribution in [0.2, 0.25) is 0 Å². The first-order valence-corrected chi connectivity index (χ1v) is 11.1. The molecule has 3 aromatic rings. The Labute approximate surface area is 187 Å². The summed E-state index contributed by atoms with van der Waals surface area (Å²) >= 11 is 0. The zero-order valence-corrected chi connectivity index (χ0v) is 18.1. The molecule has 1 unspecified atom stereocenters. The molecule has 168 valence electrons. The van der Waals surface area contributed by atoms with E-state index in [0.29, 0.717) is 18.8 Å². The molecule has 7 nitrogen and oxygen atoms in total. The van der Waals surface area contributed by atoms with Crippen LogP contribution in [-0.2, 0) is 11.4 Å². The van der Waals surface area contributed by atoms with E-state index >= 15 is 0 Å². The lowest BCUT2D eigenvalue weighted by Crippen LogP contribution is -2.42. The van der Waals surface area contributed by atoms with Crippen LogP contribution >= 0.6 is 0 Å². The van der Waals surface area contributed by atoms with E-state index < -0.39 is 0 Å². The SMILES string of the molecule is NC(=O)C1CCCN(CCCNC(=O)c2ccc(COc3ccc4ccccc4c3)o2)C1. The van der Waals surface area contributed by atoms with Crippen LogP contribution in [0, 0.1) is 5.92 Å². The number of benzene rings is 2. The fraction of sp³-hybridized carbons (Fsp3) is 0.360. The first-order chi connectivity index (χ1) is 15.6. The number of carbonyl (C=O) groups is 2. The number of fused-ring (bicyclic) bond motifs is 1. The Morgan fingerprint density at radius 3 is 2.81 bits per heavy atom. The summed E-state index contributed by atoms with van der Waals surface area (Å²) in [5, 5.41) is 5.16. The van der Waals surface area contributed by atoms with Crippen LogP contribution in [0.5, 0.6) is 5.75 Å². The zero-order chi connectivity index (χ0) is 22.3. The monoisotopic (exact) mass is 435 g/mol. The second-order valence-corrected chi connectivity index (χ2v) is 8.22. The molecule has 0 bridgehead atoms. The average molecular weight is 436 g/mol. The number of hydrogen-bond donors (Lipinski definition) is 2. The predicted molar refractivity (Wildman–Crippen MR) is 122 cm³/mol. The maximum absolute atomic E-state index is 12.4. The quantitative estimate of drug-likeness (QED) is 0.503. The molecule has 2 heterocycles. The second kappa shape index (κ2) is 10.3. The van der Waals surface area contributed by atoms with E-state index in [1.807, 2.05) is 36.4 Å². The molecule has 2 aromatic carbocycles. The smallest absolute Gasteiger partial charge is 0.286 e. The van der Waals surface area contributed by atoms with Gasteiger partial charge in [0, 0.05) is 13.1 Å². The van der Waals surface area contributed by atoms with Crippen LogP contribution in [-0.4, -0.2) is 42.9 Å². The van der Waals surface area contributed by atoms with Crippen molar-refractivity contribution in [1.82, 2.24) is 10.2 Å². The van der Waals surface area contributed by atoms with E-state index in [1.54, 1.807) is 12.1 Å². The van der Waals surface area contributed by atoms with E-state index in [-0.39, 0.29) is 30.1 Å². The standard InChI is InChI=1S/C25H29N3O4/c26-24(29)20-7-3-13-28(16-20)14-4-12-27-25(30)23-11-10-22(32-23)17-31-21-9-8-18-5-1-2-6-19(18)15-21/h1-2,5-6,8-11,15,20H,3-4,7,12-14,16-17H2,(H2,26,29)(H,27,30). The lowest BCUT2D eigenvalue weighted by molar-refractivity contribution is -0.123. The van der Waals surface area contributed by atoms with E-state index in [2.05, 4.69) is 16.3 Å². The molecule has 32 heavy (non-hydrogen) atoms. The van der Waals surface area contributed by atoms with Gasteiger partial charge in [0.05, 0.1) is 5.92 Å². The fourth-order valence-corrected chi connectivity index (χ4v) is 4.07. The normalized spacial score (nSPS) is 16.7. The van der Waals surface area contributed by atoms with Crippen LogP contribution in [0.1, 0.15) is 35.6 Å². The summed E-state index contributed by atoms with van der Waals surface area (Å²) < 4.78 is 11.5. The summed E-state index contributed by atoms with van der Waals surface area (Å²) in [6.45, 7) is 3.30. The number of ether oxygens (including phenoxy) is 1. The molecule has 0 spiro atoms. The van der Waals surface area contributed by atoms with Gasteiger partial charge in [0.15, 0.2) is 5.76 Å². The maximum atomic E-state index is 12.4. The molecular formula is C25H29N3O4. The number of piperidine rings is 1. The van der Waals surface area contributed by atoms with Gasteiger partial charge >= 0.3 is 0 Å². The van der Waals surface area contributed by atoms with E-state index in [4.69, 9.17) is 14.9 Å². The number of likely N-dealkylation sites (tertiary alicyclic amines) is 1. The van der Waals surface area contributed by atoms with Gasteiger partial charge in [-0.1, -0.05) is 30.3 Å². The minimum atomic E-state index is -0.240. The first kappa shape index (κ1) is 21.9. The second-order valence-electron chi connectivity index (χ2n) is 8.22. The topological polar surface area (TPSA) is 97.8 Å². The summed E-state index contributed by atoms with van der Waals surface area (Å²) in [6, 6.07) is 17.4. The molecule has 1 fully saturated rings. The van der Waals surface area contributed by atoms with Gasteiger partial charge in [-0.2, -0.15) is 0 Å². The van der Waals surface area contributed by atoms with Gasteiger partial charge in [-0.3, -0.25) is 9.59 Å². The highest BCUT2D eigenvalue weighted by Crippen LogP contribution is 2.22. The highest BCUT2D eigenvalue weighted by molar-refractivity contribution is 5.91. The number of furan rings is 1. The maximum Gasteiger partial charge on any atom is 0.286 e. The van der Waals surface area contributed by atoms with E-state index in [9.17, 15) is 9.59 Å². The molecule has 1 atom stereocenters. The van der Waals surface area contributed by atoms with Gasteiger partial charge in [-0.25, -0.2) is 0 Å². The van der Waals surface area contributed by atoms with Crippen LogP contribution in [0.25, 0.3) is 10.8 Å². The van der Waals surface area contributed by atoms with Crippen LogP contribution < -0.4 is 15.8 Å². The number of amides is 2. The lowest BCUT2D eigenvalue weighted by Gasteiger charge is -2.31. The Balaban J connectivity index is 1.20. The number of rotatable bonds is 9. The molecule has 2 amide bonds. The fourth-order valence-electron chi connectivity index (χ4n) is 4.07. The Hall–Kier alpha value is -3.32. The van der Waals surface area contributed by atoms with Crippen molar-refractivity contribution >= 4 is 22.6 Å². The first-order valence-electron chi connectivity index (χ1n) is 11.1. The van der Waals surface area contributed by atoms with Gasteiger partial charge in [0.2, 0.25) is 5.91 Å². The molecule has 0 aliphatic carbocycles. The van der Waals surface area contributed by atoms with Gasteiger partial charge < -0.3 is 25.1 Å². The number of nitrogens with two attached hydrogens (primary N) is 1.